The molecule has 0 radical (unpaired) electrons. The van der Waals surface area contributed by atoms with E-state index in [2.05, 4.69) is 0 Å². The Balaban J connectivity index is 0.00000312. The zero-order valence-corrected chi connectivity index (χ0v) is 14.6. The van der Waals surface area contributed by atoms with Crippen LogP contribution >= 0.6 is 0 Å². The van der Waals surface area contributed by atoms with E-state index in [9.17, 15) is 22.6 Å². The van der Waals surface area contributed by atoms with Gasteiger partial charge in [-0.15, -0.1) is 0 Å². The molecule has 140 valence electrons. The van der Waals surface area contributed by atoms with Gasteiger partial charge in [-0.05, 0) is 51.4 Å². The summed E-state index contributed by atoms with van der Waals surface area (Å²) in [5.41, 5.74) is 0. The molecule has 2 rings (SSSR count). The first kappa shape index (κ1) is 22.9. The molecule has 1 unspecified atom stereocenters. The summed E-state index contributed by atoms with van der Waals surface area (Å²) in [4.78, 5) is 24.1. The number of rotatable bonds is 6. The Bertz CT molecular complexity index is 537. The first-order valence-electron chi connectivity index (χ1n) is 8.72. The van der Waals surface area contributed by atoms with Crippen molar-refractivity contribution in [2.45, 2.75) is 88.1 Å². The van der Waals surface area contributed by atoms with E-state index in [4.69, 9.17) is 9.47 Å². The number of hydrogen-bond acceptors (Lipinski definition) is 6. The van der Waals surface area contributed by atoms with Crippen LogP contribution in [0.15, 0.2) is 0 Å². The minimum atomic E-state index is -4.73. The van der Waals surface area contributed by atoms with Gasteiger partial charge < -0.3 is 9.47 Å². The van der Waals surface area contributed by atoms with Gasteiger partial charge in [0.15, 0.2) is 5.25 Å². The van der Waals surface area contributed by atoms with Crippen molar-refractivity contribution in [2.24, 2.45) is 0 Å². The zero-order chi connectivity index (χ0) is 17.6. The third-order valence-electron chi connectivity index (χ3n) is 4.66. The van der Waals surface area contributed by atoms with Gasteiger partial charge in [-0.3, -0.25) is 14.1 Å². The van der Waals surface area contributed by atoms with Gasteiger partial charge in [-0.1, -0.05) is 12.8 Å². The second-order valence-corrected chi connectivity index (χ2v) is 8.25. The Morgan fingerprint density at radius 2 is 1.32 bits per heavy atom. The Morgan fingerprint density at radius 3 is 1.76 bits per heavy atom. The van der Waals surface area contributed by atoms with Gasteiger partial charge in [0, 0.05) is 0 Å². The molecule has 7 nitrogen and oxygen atoms in total. The summed E-state index contributed by atoms with van der Waals surface area (Å²) in [6.45, 7) is 0. The molecular formula is C16H27NaO7S. The first-order valence-corrected chi connectivity index (χ1v) is 10.2. The van der Waals surface area contributed by atoms with Gasteiger partial charge in [0.05, 0.1) is 6.42 Å². The number of esters is 2. The van der Waals surface area contributed by atoms with Crippen molar-refractivity contribution in [1.29, 1.82) is 0 Å². The topological polar surface area (TPSA) is 107 Å². The Morgan fingerprint density at radius 1 is 0.880 bits per heavy atom. The van der Waals surface area contributed by atoms with E-state index in [-0.39, 0.29) is 41.8 Å². The molecule has 1 N–H and O–H groups in total. The molecule has 2 aliphatic carbocycles. The molecular weight excluding hydrogens is 359 g/mol. The molecule has 2 aliphatic rings. The van der Waals surface area contributed by atoms with Crippen molar-refractivity contribution in [3.05, 3.63) is 0 Å². The second-order valence-electron chi connectivity index (χ2n) is 6.65. The van der Waals surface area contributed by atoms with Crippen LogP contribution in [-0.2, 0) is 29.2 Å². The molecule has 0 bridgehead atoms. The molecule has 0 aromatic carbocycles. The van der Waals surface area contributed by atoms with E-state index in [1.54, 1.807) is 0 Å². The molecule has 0 aromatic heterocycles. The summed E-state index contributed by atoms with van der Waals surface area (Å²) in [5, 5.41) is -1.91. The van der Waals surface area contributed by atoms with Crippen molar-refractivity contribution < 1.29 is 32.0 Å². The first-order chi connectivity index (χ1) is 11.4. The summed E-state index contributed by atoms with van der Waals surface area (Å²) < 4.78 is 42.7. The SMILES string of the molecule is O=C(CC(C(=O)OC1CCCCC1)S(=O)(=O)O)OC1CCCCC1.[NaH]. The van der Waals surface area contributed by atoms with E-state index in [0.29, 0.717) is 12.8 Å². The van der Waals surface area contributed by atoms with E-state index in [0.717, 1.165) is 51.4 Å². The predicted molar refractivity (Wildman–Crippen MR) is 93.0 cm³/mol. The van der Waals surface area contributed by atoms with E-state index < -0.39 is 33.7 Å². The fourth-order valence-electron chi connectivity index (χ4n) is 3.30. The van der Waals surface area contributed by atoms with Crippen molar-refractivity contribution >= 4 is 51.6 Å². The van der Waals surface area contributed by atoms with E-state index in [1.165, 1.54) is 0 Å². The summed E-state index contributed by atoms with van der Waals surface area (Å²) in [7, 11) is -4.73. The van der Waals surface area contributed by atoms with Crippen LogP contribution in [0.1, 0.15) is 70.6 Å². The molecule has 2 fully saturated rings. The van der Waals surface area contributed by atoms with Crippen molar-refractivity contribution in [2.75, 3.05) is 0 Å². The van der Waals surface area contributed by atoms with Gasteiger partial charge in [0.1, 0.15) is 12.2 Å². The average Bonchev–Trinajstić information content (AvgIpc) is 2.53. The van der Waals surface area contributed by atoms with Crippen molar-refractivity contribution in [3.8, 4) is 0 Å². The van der Waals surface area contributed by atoms with Gasteiger partial charge in [-0.25, -0.2) is 0 Å². The maximum absolute atomic E-state index is 12.1. The standard InChI is InChI=1S/C16H26O7S.Na.H/c17-15(22-12-7-3-1-4-8-12)11-14(24(19,20)21)16(18)23-13-9-5-2-6-10-13;;/h12-14H,1-11H2,(H,19,20,21);;. The Hall–Kier alpha value is -0.150. The molecule has 9 heteroatoms. The van der Waals surface area contributed by atoms with Crippen LogP contribution in [0.4, 0.5) is 0 Å². The molecule has 0 spiro atoms. The summed E-state index contributed by atoms with van der Waals surface area (Å²) in [5.74, 6) is -1.85. The van der Waals surface area contributed by atoms with Crippen LogP contribution in [0.3, 0.4) is 0 Å². The molecule has 0 aliphatic heterocycles. The summed E-state index contributed by atoms with van der Waals surface area (Å²) in [6, 6.07) is 0. The molecule has 1 atom stereocenters. The monoisotopic (exact) mass is 386 g/mol. The molecule has 0 aromatic rings. The van der Waals surface area contributed by atoms with E-state index in [1.807, 2.05) is 0 Å². The number of carbonyl (C=O) groups excluding carboxylic acids is 2. The van der Waals surface area contributed by atoms with Crippen LogP contribution in [0.2, 0.25) is 0 Å². The van der Waals surface area contributed by atoms with Gasteiger partial charge in [0.2, 0.25) is 0 Å². The number of ether oxygens (including phenoxy) is 2. The number of carbonyl (C=O) groups is 2. The fourth-order valence-corrected chi connectivity index (χ4v) is 3.95. The second kappa shape index (κ2) is 10.9. The van der Waals surface area contributed by atoms with Gasteiger partial charge >= 0.3 is 41.5 Å². The third-order valence-corrected chi connectivity index (χ3v) is 5.74. The van der Waals surface area contributed by atoms with Crippen LogP contribution in [-0.4, -0.2) is 71.9 Å². The fraction of sp³-hybridized carbons (Fsp3) is 0.875. The van der Waals surface area contributed by atoms with Crippen molar-refractivity contribution in [3.63, 3.8) is 0 Å². The van der Waals surface area contributed by atoms with Crippen LogP contribution in [0.5, 0.6) is 0 Å². The molecule has 2 saturated carbocycles. The summed E-state index contributed by atoms with van der Waals surface area (Å²) >= 11 is 0. The van der Waals surface area contributed by atoms with Crippen LogP contribution in [0, 0.1) is 0 Å². The summed E-state index contributed by atoms with van der Waals surface area (Å²) in [6.07, 6.45) is 7.46. The van der Waals surface area contributed by atoms with Crippen molar-refractivity contribution in [1.82, 2.24) is 0 Å². The Labute approximate surface area is 171 Å². The zero-order valence-electron chi connectivity index (χ0n) is 13.8. The molecule has 0 heterocycles. The average molecular weight is 386 g/mol. The molecule has 25 heavy (non-hydrogen) atoms. The van der Waals surface area contributed by atoms with Gasteiger partial charge in [-0.2, -0.15) is 8.42 Å². The minimum absolute atomic E-state index is 0. The normalized spacial score (nSPS) is 21.0. The van der Waals surface area contributed by atoms with Crippen LogP contribution in [0.25, 0.3) is 0 Å². The van der Waals surface area contributed by atoms with Gasteiger partial charge in [0.25, 0.3) is 10.1 Å². The quantitative estimate of drug-likeness (QED) is 0.421. The molecule has 0 saturated heterocycles. The Kier molecular flexibility index (Phi) is 9.95. The van der Waals surface area contributed by atoms with E-state index >= 15 is 0 Å². The predicted octanol–water partition coefficient (Wildman–Crippen LogP) is 1.74. The maximum atomic E-state index is 12.1. The van der Waals surface area contributed by atoms with Crippen LogP contribution < -0.4 is 0 Å². The number of hydrogen-bond donors (Lipinski definition) is 1. The third kappa shape index (κ3) is 7.95. The molecule has 0 amide bonds.